The second-order valence-corrected chi connectivity index (χ2v) is 6.33. The number of nitrogens with two attached hydrogens (primary N) is 1. The van der Waals surface area contributed by atoms with Crippen molar-refractivity contribution in [2.75, 3.05) is 30.8 Å². The van der Waals surface area contributed by atoms with Gasteiger partial charge in [0.25, 0.3) is 0 Å². The SMILES string of the molecule is COc1ccccc1OC1CN(c2nc(N)nc3c2CCCC3)C1. The van der Waals surface area contributed by atoms with Crippen molar-refractivity contribution in [1.82, 2.24) is 9.97 Å². The fourth-order valence-corrected chi connectivity index (χ4v) is 3.44. The highest BCUT2D eigenvalue weighted by molar-refractivity contribution is 5.55. The summed E-state index contributed by atoms with van der Waals surface area (Å²) in [7, 11) is 1.66. The van der Waals surface area contributed by atoms with Gasteiger partial charge in [-0.3, -0.25) is 0 Å². The highest BCUT2D eigenvalue weighted by Gasteiger charge is 2.33. The molecule has 2 N–H and O–H groups in total. The zero-order valence-corrected chi connectivity index (χ0v) is 13.9. The fourth-order valence-electron chi connectivity index (χ4n) is 3.44. The number of rotatable bonds is 4. The molecule has 0 unspecified atom stereocenters. The van der Waals surface area contributed by atoms with Crippen molar-refractivity contribution in [2.45, 2.75) is 31.8 Å². The van der Waals surface area contributed by atoms with Crippen molar-refractivity contribution >= 4 is 11.8 Å². The first kappa shape index (κ1) is 15.1. The number of benzene rings is 1. The predicted octanol–water partition coefficient (Wildman–Crippen LogP) is 2.21. The molecule has 0 amide bonds. The topological polar surface area (TPSA) is 73.5 Å². The molecule has 4 rings (SSSR count). The molecule has 1 saturated heterocycles. The number of fused-ring (bicyclic) bond motifs is 1. The van der Waals surface area contributed by atoms with E-state index in [9.17, 15) is 0 Å². The van der Waals surface area contributed by atoms with E-state index in [-0.39, 0.29) is 6.10 Å². The molecule has 1 fully saturated rings. The van der Waals surface area contributed by atoms with Crippen molar-refractivity contribution in [3.63, 3.8) is 0 Å². The molecule has 1 aromatic carbocycles. The van der Waals surface area contributed by atoms with Crippen LogP contribution in [0.15, 0.2) is 24.3 Å². The van der Waals surface area contributed by atoms with Crippen LogP contribution in [-0.2, 0) is 12.8 Å². The molecule has 1 aliphatic carbocycles. The van der Waals surface area contributed by atoms with Crippen molar-refractivity contribution in [1.29, 1.82) is 0 Å². The lowest BCUT2D eigenvalue weighted by atomic mass is 9.95. The van der Waals surface area contributed by atoms with Crippen LogP contribution in [0, 0.1) is 0 Å². The number of hydrogen-bond donors (Lipinski definition) is 1. The Bertz CT molecular complexity index is 744. The lowest BCUT2D eigenvalue weighted by Crippen LogP contribution is -2.54. The van der Waals surface area contributed by atoms with Gasteiger partial charge in [-0.15, -0.1) is 0 Å². The van der Waals surface area contributed by atoms with Gasteiger partial charge in [-0.25, -0.2) is 4.98 Å². The van der Waals surface area contributed by atoms with Gasteiger partial charge in [0.05, 0.1) is 25.9 Å². The summed E-state index contributed by atoms with van der Waals surface area (Å²) in [5.74, 6) is 2.92. The summed E-state index contributed by atoms with van der Waals surface area (Å²) in [6.07, 6.45) is 4.56. The molecule has 0 radical (unpaired) electrons. The first-order valence-corrected chi connectivity index (χ1v) is 8.44. The quantitative estimate of drug-likeness (QED) is 0.929. The second kappa shape index (κ2) is 6.19. The van der Waals surface area contributed by atoms with E-state index >= 15 is 0 Å². The van der Waals surface area contributed by atoms with E-state index in [4.69, 9.17) is 15.2 Å². The van der Waals surface area contributed by atoms with E-state index < -0.39 is 0 Å². The number of aromatic nitrogens is 2. The van der Waals surface area contributed by atoms with Crippen LogP contribution in [0.1, 0.15) is 24.1 Å². The van der Waals surface area contributed by atoms with Crippen LogP contribution in [0.5, 0.6) is 11.5 Å². The number of nitrogen functional groups attached to an aromatic ring is 1. The number of aryl methyl sites for hydroxylation is 1. The molecule has 1 aliphatic heterocycles. The number of ether oxygens (including phenoxy) is 2. The van der Waals surface area contributed by atoms with E-state index in [1.54, 1.807) is 7.11 Å². The third-order valence-corrected chi connectivity index (χ3v) is 4.69. The molecule has 0 atom stereocenters. The number of nitrogens with zero attached hydrogens (tertiary/aromatic N) is 3. The highest BCUT2D eigenvalue weighted by atomic mass is 16.5. The molecule has 0 saturated carbocycles. The van der Waals surface area contributed by atoms with Crippen LogP contribution in [0.25, 0.3) is 0 Å². The molecule has 2 aliphatic rings. The van der Waals surface area contributed by atoms with E-state index in [0.717, 1.165) is 48.9 Å². The lowest BCUT2D eigenvalue weighted by Gasteiger charge is -2.41. The number of anilines is 2. The average Bonchev–Trinajstić information content (AvgIpc) is 2.57. The summed E-state index contributed by atoms with van der Waals surface area (Å²) >= 11 is 0. The van der Waals surface area contributed by atoms with Crippen molar-refractivity contribution in [3.05, 3.63) is 35.5 Å². The first-order valence-electron chi connectivity index (χ1n) is 8.44. The molecule has 126 valence electrons. The molecule has 0 bridgehead atoms. The van der Waals surface area contributed by atoms with Gasteiger partial charge in [0.1, 0.15) is 11.9 Å². The molecule has 0 spiro atoms. The van der Waals surface area contributed by atoms with E-state index in [0.29, 0.717) is 5.95 Å². The third kappa shape index (κ3) is 2.72. The Kier molecular flexibility index (Phi) is 3.88. The van der Waals surface area contributed by atoms with Crippen molar-refractivity contribution in [3.8, 4) is 11.5 Å². The van der Waals surface area contributed by atoms with Crippen LogP contribution in [-0.4, -0.2) is 36.3 Å². The van der Waals surface area contributed by atoms with Gasteiger partial charge >= 0.3 is 0 Å². The van der Waals surface area contributed by atoms with Crippen LogP contribution in [0.3, 0.4) is 0 Å². The minimum Gasteiger partial charge on any atom is -0.493 e. The molecule has 6 heteroatoms. The summed E-state index contributed by atoms with van der Waals surface area (Å²) in [5.41, 5.74) is 8.29. The van der Waals surface area contributed by atoms with Crippen LogP contribution >= 0.6 is 0 Å². The van der Waals surface area contributed by atoms with Gasteiger partial charge in [0.2, 0.25) is 5.95 Å². The largest absolute Gasteiger partial charge is 0.493 e. The minimum absolute atomic E-state index is 0.136. The average molecular weight is 326 g/mol. The Labute approximate surface area is 141 Å². The summed E-state index contributed by atoms with van der Waals surface area (Å²) in [6.45, 7) is 1.61. The van der Waals surface area contributed by atoms with Crippen LogP contribution in [0.2, 0.25) is 0 Å². The number of para-hydroxylation sites is 2. The van der Waals surface area contributed by atoms with Gasteiger partial charge in [-0.05, 0) is 37.8 Å². The Hall–Kier alpha value is -2.50. The number of hydrogen-bond acceptors (Lipinski definition) is 6. The van der Waals surface area contributed by atoms with Gasteiger partial charge < -0.3 is 20.1 Å². The van der Waals surface area contributed by atoms with E-state index in [1.165, 1.54) is 18.4 Å². The van der Waals surface area contributed by atoms with Crippen molar-refractivity contribution < 1.29 is 9.47 Å². The summed E-state index contributed by atoms with van der Waals surface area (Å²) in [5, 5.41) is 0. The third-order valence-electron chi connectivity index (χ3n) is 4.69. The zero-order valence-electron chi connectivity index (χ0n) is 13.9. The normalized spacial score (nSPS) is 17.1. The molecule has 2 aromatic rings. The molecular weight excluding hydrogens is 304 g/mol. The Morgan fingerprint density at radius 3 is 2.62 bits per heavy atom. The van der Waals surface area contributed by atoms with Crippen molar-refractivity contribution in [2.24, 2.45) is 0 Å². The van der Waals surface area contributed by atoms with E-state index in [2.05, 4.69) is 14.9 Å². The Morgan fingerprint density at radius 2 is 1.83 bits per heavy atom. The Morgan fingerprint density at radius 1 is 1.08 bits per heavy atom. The standard InChI is InChI=1S/C18H22N4O2/c1-23-15-8-4-5-9-16(15)24-12-10-22(11-12)17-13-6-2-3-7-14(13)20-18(19)21-17/h4-5,8-9,12H,2-3,6-7,10-11H2,1H3,(H2,19,20,21). The van der Waals surface area contributed by atoms with Crippen LogP contribution in [0.4, 0.5) is 11.8 Å². The summed E-state index contributed by atoms with van der Waals surface area (Å²) < 4.78 is 11.4. The molecule has 24 heavy (non-hydrogen) atoms. The fraction of sp³-hybridized carbons (Fsp3) is 0.444. The monoisotopic (exact) mass is 326 g/mol. The molecular formula is C18H22N4O2. The van der Waals surface area contributed by atoms with E-state index in [1.807, 2.05) is 24.3 Å². The molecule has 1 aromatic heterocycles. The maximum absolute atomic E-state index is 6.06. The second-order valence-electron chi connectivity index (χ2n) is 6.33. The zero-order chi connectivity index (χ0) is 16.5. The summed E-state index contributed by atoms with van der Waals surface area (Å²) in [6, 6.07) is 7.74. The van der Waals surface area contributed by atoms with Gasteiger partial charge in [0, 0.05) is 5.56 Å². The maximum Gasteiger partial charge on any atom is 0.222 e. The lowest BCUT2D eigenvalue weighted by molar-refractivity contribution is 0.160. The minimum atomic E-state index is 0.136. The van der Waals surface area contributed by atoms with Gasteiger partial charge in [-0.2, -0.15) is 4.98 Å². The van der Waals surface area contributed by atoms with Gasteiger partial charge in [-0.1, -0.05) is 12.1 Å². The Balaban J connectivity index is 1.47. The summed E-state index contributed by atoms with van der Waals surface area (Å²) in [4.78, 5) is 11.2. The smallest absolute Gasteiger partial charge is 0.222 e. The highest BCUT2D eigenvalue weighted by Crippen LogP contribution is 2.33. The predicted molar refractivity (Wildman–Crippen MR) is 92.7 cm³/mol. The number of methoxy groups -OCH3 is 1. The molecule has 2 heterocycles. The maximum atomic E-state index is 6.06. The first-order chi connectivity index (χ1) is 11.7. The molecule has 6 nitrogen and oxygen atoms in total. The van der Waals surface area contributed by atoms with Gasteiger partial charge in [0.15, 0.2) is 11.5 Å². The van der Waals surface area contributed by atoms with Crippen LogP contribution < -0.4 is 20.1 Å².